The van der Waals surface area contributed by atoms with Crippen LogP contribution >= 0.6 is 0 Å². The molecule has 1 aliphatic rings. The van der Waals surface area contributed by atoms with Crippen LogP contribution in [-0.2, 0) is 9.59 Å². The molecule has 0 unspecified atom stereocenters. The van der Waals surface area contributed by atoms with E-state index in [4.69, 9.17) is 0 Å². The van der Waals surface area contributed by atoms with Crippen molar-refractivity contribution in [3.05, 3.63) is 0 Å². The summed E-state index contributed by atoms with van der Waals surface area (Å²) in [4.78, 5) is 35.3. The molecule has 0 aromatic heterocycles. The summed E-state index contributed by atoms with van der Waals surface area (Å²) in [5, 5.41) is 0. The molecular weight excluding hydrogens is 183 g/mol. The van der Waals surface area contributed by atoms with Crippen LogP contribution in [0.4, 0.5) is 4.79 Å². The first-order valence-electron chi connectivity index (χ1n) is 3.56. The Balaban J connectivity index is 0.00000144. The molecule has 0 atom stereocenters. The molecule has 0 radical (unpaired) electrons. The van der Waals surface area contributed by atoms with Gasteiger partial charge in [-0.15, -0.1) is 0 Å². The summed E-state index contributed by atoms with van der Waals surface area (Å²) in [6.45, 7) is 1.49. The molecular formula is C7H11N2NaO3. The van der Waals surface area contributed by atoms with Crippen molar-refractivity contribution in [3.63, 3.8) is 0 Å². The van der Waals surface area contributed by atoms with Crippen LogP contribution in [0.25, 0.3) is 0 Å². The Morgan fingerprint density at radius 3 is 1.62 bits per heavy atom. The first-order valence-corrected chi connectivity index (χ1v) is 3.56. The Kier molecular flexibility index (Phi) is 4.09. The Bertz CT molecular complexity index is 206. The molecule has 1 aliphatic heterocycles. The summed E-state index contributed by atoms with van der Waals surface area (Å²) in [5.41, 5.74) is 0. The number of rotatable bonds is 0. The predicted octanol–water partition coefficient (Wildman–Crippen LogP) is -0.976. The maximum atomic E-state index is 11.1. The molecule has 1 rings (SSSR count). The van der Waals surface area contributed by atoms with Crippen LogP contribution in [0, 0.1) is 5.92 Å². The third kappa shape index (κ3) is 1.92. The summed E-state index contributed by atoms with van der Waals surface area (Å²) in [5.74, 6) is -1.62. The van der Waals surface area contributed by atoms with Crippen molar-refractivity contribution in [2.75, 3.05) is 14.1 Å². The number of urea groups is 1. The molecule has 1 fully saturated rings. The van der Waals surface area contributed by atoms with E-state index in [-0.39, 0.29) is 29.6 Å². The van der Waals surface area contributed by atoms with E-state index in [1.54, 1.807) is 0 Å². The van der Waals surface area contributed by atoms with Crippen molar-refractivity contribution in [3.8, 4) is 0 Å². The van der Waals surface area contributed by atoms with Gasteiger partial charge in [0, 0.05) is 14.1 Å². The van der Waals surface area contributed by atoms with Gasteiger partial charge in [0.15, 0.2) is 0 Å². The van der Waals surface area contributed by atoms with Crippen LogP contribution in [0.15, 0.2) is 0 Å². The fraction of sp³-hybridized carbons (Fsp3) is 0.571. The van der Waals surface area contributed by atoms with Gasteiger partial charge in [-0.25, -0.2) is 4.79 Å². The molecule has 0 bridgehead atoms. The fourth-order valence-corrected chi connectivity index (χ4v) is 1.10. The normalized spacial score (nSPS) is 19.2. The van der Waals surface area contributed by atoms with E-state index in [2.05, 4.69) is 0 Å². The van der Waals surface area contributed by atoms with Crippen LogP contribution in [0.3, 0.4) is 0 Å². The van der Waals surface area contributed by atoms with Crippen LogP contribution in [0.5, 0.6) is 0 Å². The maximum absolute atomic E-state index is 11.1. The molecule has 0 aromatic rings. The molecule has 0 aromatic carbocycles. The number of carbonyl (C=O) groups is 3. The van der Waals surface area contributed by atoms with Gasteiger partial charge >= 0.3 is 35.6 Å². The summed E-state index contributed by atoms with van der Waals surface area (Å²) in [6, 6.07) is -0.567. The van der Waals surface area contributed by atoms with Crippen molar-refractivity contribution in [2.24, 2.45) is 5.92 Å². The third-order valence-electron chi connectivity index (χ3n) is 1.98. The van der Waals surface area contributed by atoms with Gasteiger partial charge in [-0.2, -0.15) is 0 Å². The quantitative estimate of drug-likeness (QED) is 0.368. The zero-order chi connectivity index (χ0) is 9.46. The number of amides is 4. The van der Waals surface area contributed by atoms with Crippen molar-refractivity contribution < 1.29 is 14.4 Å². The Morgan fingerprint density at radius 2 is 1.31 bits per heavy atom. The summed E-state index contributed by atoms with van der Waals surface area (Å²) in [7, 11) is 2.73. The van der Waals surface area contributed by atoms with Gasteiger partial charge in [0.1, 0.15) is 5.92 Å². The Morgan fingerprint density at radius 1 is 1.00 bits per heavy atom. The van der Waals surface area contributed by atoms with Gasteiger partial charge in [-0.3, -0.25) is 19.4 Å². The Hall–Kier alpha value is -0.390. The van der Waals surface area contributed by atoms with Gasteiger partial charge in [0.05, 0.1) is 0 Å². The van der Waals surface area contributed by atoms with Gasteiger partial charge in [0.25, 0.3) is 0 Å². The van der Waals surface area contributed by atoms with Crippen LogP contribution in [0.1, 0.15) is 6.92 Å². The zero-order valence-corrected chi connectivity index (χ0v) is 7.20. The zero-order valence-electron chi connectivity index (χ0n) is 7.20. The van der Waals surface area contributed by atoms with Crippen molar-refractivity contribution >= 4 is 47.4 Å². The number of barbiturate groups is 1. The molecule has 68 valence electrons. The Labute approximate surface area is 98.3 Å². The van der Waals surface area contributed by atoms with Gasteiger partial charge < -0.3 is 0 Å². The minimum atomic E-state index is -0.738. The SMILES string of the molecule is CC1C(=O)N(C)C(=O)N(C)C1=O.[NaH]. The molecule has 5 nitrogen and oxygen atoms in total. The van der Waals surface area contributed by atoms with Crippen molar-refractivity contribution in [2.45, 2.75) is 6.92 Å². The van der Waals surface area contributed by atoms with E-state index in [9.17, 15) is 14.4 Å². The summed E-state index contributed by atoms with van der Waals surface area (Å²) >= 11 is 0. The molecule has 1 heterocycles. The van der Waals surface area contributed by atoms with Crippen molar-refractivity contribution in [1.82, 2.24) is 9.80 Å². The first kappa shape index (κ1) is 12.6. The molecule has 4 amide bonds. The van der Waals surface area contributed by atoms with E-state index in [1.165, 1.54) is 21.0 Å². The van der Waals surface area contributed by atoms with Crippen LogP contribution in [-0.4, -0.2) is 71.3 Å². The number of imide groups is 2. The van der Waals surface area contributed by atoms with Crippen molar-refractivity contribution in [1.29, 1.82) is 0 Å². The standard InChI is InChI=1S/C7H10N2O3.Na.H/c1-4-5(10)8(2)7(12)9(3)6(4)11;;/h4H,1-3H3;;. The first-order chi connectivity index (χ1) is 5.46. The second kappa shape index (κ2) is 4.21. The van der Waals surface area contributed by atoms with Gasteiger partial charge in [-0.1, -0.05) is 0 Å². The third-order valence-corrected chi connectivity index (χ3v) is 1.98. The second-order valence-electron chi connectivity index (χ2n) is 2.80. The minimum absolute atomic E-state index is 0. The van der Waals surface area contributed by atoms with E-state index in [0.717, 1.165) is 9.80 Å². The molecule has 0 N–H and O–H groups in total. The topological polar surface area (TPSA) is 57.7 Å². The number of carbonyl (C=O) groups excluding carboxylic acids is 3. The molecule has 0 spiro atoms. The van der Waals surface area contributed by atoms with E-state index >= 15 is 0 Å². The second-order valence-corrected chi connectivity index (χ2v) is 2.80. The molecule has 0 saturated carbocycles. The van der Waals surface area contributed by atoms with Gasteiger partial charge in [0.2, 0.25) is 11.8 Å². The summed E-state index contributed by atoms with van der Waals surface area (Å²) in [6.07, 6.45) is 0. The molecule has 0 aliphatic carbocycles. The van der Waals surface area contributed by atoms with Crippen LogP contribution < -0.4 is 0 Å². The average molecular weight is 194 g/mol. The number of nitrogens with zero attached hydrogens (tertiary/aromatic N) is 2. The number of hydrogen-bond acceptors (Lipinski definition) is 3. The predicted molar refractivity (Wildman–Crippen MR) is 47.2 cm³/mol. The average Bonchev–Trinajstić information content (AvgIpc) is 2.08. The molecule has 6 heteroatoms. The summed E-state index contributed by atoms with van der Waals surface area (Å²) < 4.78 is 0. The van der Waals surface area contributed by atoms with Crippen LogP contribution in [0.2, 0.25) is 0 Å². The van der Waals surface area contributed by atoms with Gasteiger partial charge in [-0.05, 0) is 6.92 Å². The molecule has 13 heavy (non-hydrogen) atoms. The van der Waals surface area contributed by atoms with E-state index < -0.39 is 23.8 Å². The fourth-order valence-electron chi connectivity index (χ4n) is 1.10. The van der Waals surface area contributed by atoms with E-state index in [1.807, 2.05) is 0 Å². The molecule has 1 saturated heterocycles. The number of hydrogen-bond donors (Lipinski definition) is 0. The monoisotopic (exact) mass is 194 g/mol. The van der Waals surface area contributed by atoms with E-state index in [0.29, 0.717) is 0 Å².